The lowest BCUT2D eigenvalue weighted by molar-refractivity contribution is -0.113. The van der Waals surface area contributed by atoms with Crippen molar-refractivity contribution in [3.05, 3.63) is 35.2 Å². The van der Waals surface area contributed by atoms with E-state index < -0.39 is 0 Å². The molecule has 1 aliphatic carbocycles. The molecule has 5 nitrogen and oxygen atoms in total. The SMILES string of the molecule is Cc1cccc(C(C)C)c1NC(=O)CSc1nnc(C)n1C1CC1. The molecule has 0 unspecified atom stereocenters. The highest BCUT2D eigenvalue weighted by molar-refractivity contribution is 7.99. The van der Waals surface area contributed by atoms with Crippen LogP contribution in [0.4, 0.5) is 5.69 Å². The van der Waals surface area contributed by atoms with E-state index in [9.17, 15) is 4.79 Å². The molecule has 0 atom stereocenters. The number of para-hydroxylation sites is 1. The molecular weight excluding hydrogens is 320 g/mol. The van der Waals surface area contributed by atoms with Gasteiger partial charge >= 0.3 is 0 Å². The van der Waals surface area contributed by atoms with Crippen molar-refractivity contribution in [1.29, 1.82) is 0 Å². The van der Waals surface area contributed by atoms with E-state index in [2.05, 4.69) is 40.0 Å². The van der Waals surface area contributed by atoms with Gasteiger partial charge < -0.3 is 9.88 Å². The van der Waals surface area contributed by atoms with E-state index in [4.69, 9.17) is 0 Å². The summed E-state index contributed by atoms with van der Waals surface area (Å²) >= 11 is 1.46. The third-order valence-electron chi connectivity index (χ3n) is 4.27. The predicted octanol–water partition coefficient (Wildman–Crippen LogP) is 4.08. The van der Waals surface area contributed by atoms with Crippen LogP contribution in [0, 0.1) is 13.8 Å². The molecule has 1 saturated carbocycles. The molecule has 6 heteroatoms. The number of amides is 1. The molecule has 24 heavy (non-hydrogen) atoms. The second-order valence-electron chi connectivity index (χ2n) is 6.66. The lowest BCUT2D eigenvalue weighted by Crippen LogP contribution is -2.17. The van der Waals surface area contributed by atoms with Crippen molar-refractivity contribution < 1.29 is 4.79 Å². The van der Waals surface area contributed by atoms with Gasteiger partial charge in [-0.15, -0.1) is 10.2 Å². The van der Waals surface area contributed by atoms with Crippen molar-refractivity contribution in [1.82, 2.24) is 14.8 Å². The summed E-state index contributed by atoms with van der Waals surface area (Å²) < 4.78 is 2.16. The Morgan fingerprint density at radius 1 is 1.33 bits per heavy atom. The molecule has 0 radical (unpaired) electrons. The number of carbonyl (C=O) groups excluding carboxylic acids is 1. The number of aromatic nitrogens is 3. The van der Waals surface area contributed by atoms with E-state index in [1.165, 1.54) is 30.2 Å². The number of hydrogen-bond acceptors (Lipinski definition) is 4. The third-order valence-corrected chi connectivity index (χ3v) is 5.21. The highest BCUT2D eigenvalue weighted by Crippen LogP contribution is 2.38. The fourth-order valence-electron chi connectivity index (χ4n) is 2.85. The van der Waals surface area contributed by atoms with E-state index in [0.717, 1.165) is 22.2 Å². The second kappa shape index (κ2) is 6.97. The Kier molecular flexibility index (Phi) is 4.94. The van der Waals surface area contributed by atoms with Gasteiger partial charge in [-0.25, -0.2) is 0 Å². The molecule has 0 saturated heterocycles. The van der Waals surface area contributed by atoms with Crippen LogP contribution in [0.2, 0.25) is 0 Å². The van der Waals surface area contributed by atoms with Crippen molar-refractivity contribution >= 4 is 23.4 Å². The maximum absolute atomic E-state index is 12.4. The van der Waals surface area contributed by atoms with Gasteiger partial charge in [0.25, 0.3) is 0 Å². The minimum absolute atomic E-state index is 0.000741. The van der Waals surface area contributed by atoms with Gasteiger partial charge in [0.05, 0.1) is 5.75 Å². The normalized spacial score (nSPS) is 14.2. The van der Waals surface area contributed by atoms with E-state index in [0.29, 0.717) is 17.7 Å². The second-order valence-corrected chi connectivity index (χ2v) is 7.60. The summed E-state index contributed by atoms with van der Waals surface area (Å²) in [6, 6.07) is 6.67. The Labute approximate surface area is 147 Å². The average molecular weight is 344 g/mol. The van der Waals surface area contributed by atoms with E-state index in [1.807, 2.05) is 26.0 Å². The molecular formula is C18H24N4OS. The number of hydrogen-bond donors (Lipinski definition) is 1. The summed E-state index contributed by atoms with van der Waals surface area (Å²) in [5.74, 6) is 1.64. The zero-order valence-corrected chi connectivity index (χ0v) is 15.5. The number of thioether (sulfide) groups is 1. The van der Waals surface area contributed by atoms with Gasteiger partial charge in [-0.2, -0.15) is 0 Å². The summed E-state index contributed by atoms with van der Waals surface area (Å²) in [4.78, 5) is 12.4. The molecule has 0 spiro atoms. The van der Waals surface area contributed by atoms with Gasteiger partial charge in [0, 0.05) is 11.7 Å². The Hall–Kier alpha value is -1.82. The lowest BCUT2D eigenvalue weighted by Gasteiger charge is -2.16. The topological polar surface area (TPSA) is 59.8 Å². The zero-order valence-electron chi connectivity index (χ0n) is 14.7. The molecule has 1 heterocycles. The number of nitrogens with zero attached hydrogens (tertiary/aromatic N) is 3. The molecule has 2 aromatic rings. The summed E-state index contributed by atoms with van der Waals surface area (Å²) in [6.07, 6.45) is 2.36. The summed E-state index contributed by atoms with van der Waals surface area (Å²) in [6.45, 7) is 8.28. The van der Waals surface area contributed by atoms with Crippen LogP contribution in [0.15, 0.2) is 23.4 Å². The highest BCUT2D eigenvalue weighted by Gasteiger charge is 2.28. The minimum atomic E-state index is -0.000741. The van der Waals surface area contributed by atoms with Gasteiger partial charge in [0.2, 0.25) is 5.91 Å². The minimum Gasteiger partial charge on any atom is -0.325 e. The Morgan fingerprint density at radius 2 is 2.08 bits per heavy atom. The van der Waals surface area contributed by atoms with Gasteiger partial charge in [-0.3, -0.25) is 4.79 Å². The third kappa shape index (κ3) is 3.64. The first kappa shape index (κ1) is 17.0. The van der Waals surface area contributed by atoms with E-state index in [-0.39, 0.29) is 5.91 Å². The molecule has 128 valence electrons. The van der Waals surface area contributed by atoms with Gasteiger partial charge in [0.15, 0.2) is 5.16 Å². The van der Waals surface area contributed by atoms with Crippen molar-refractivity contribution in [2.24, 2.45) is 0 Å². The lowest BCUT2D eigenvalue weighted by atomic mass is 9.98. The first-order valence-electron chi connectivity index (χ1n) is 8.41. The van der Waals surface area contributed by atoms with Crippen molar-refractivity contribution in [3.63, 3.8) is 0 Å². The van der Waals surface area contributed by atoms with E-state index >= 15 is 0 Å². The van der Waals surface area contributed by atoms with Gasteiger partial charge in [-0.1, -0.05) is 43.8 Å². The van der Waals surface area contributed by atoms with Crippen LogP contribution in [-0.4, -0.2) is 26.4 Å². The first-order chi connectivity index (χ1) is 11.5. The maximum atomic E-state index is 12.4. The maximum Gasteiger partial charge on any atom is 0.234 e. The standard InChI is InChI=1S/C18H24N4OS/c1-11(2)15-7-5-6-12(3)17(15)19-16(23)10-24-18-21-20-13(4)22(18)14-8-9-14/h5-7,11,14H,8-10H2,1-4H3,(H,19,23). The fraction of sp³-hybridized carbons (Fsp3) is 0.500. The number of aryl methyl sites for hydroxylation is 2. The van der Waals surface area contributed by atoms with E-state index in [1.54, 1.807) is 0 Å². The average Bonchev–Trinajstić information content (AvgIpc) is 3.30. The van der Waals surface area contributed by atoms with Gasteiger partial charge in [-0.05, 0) is 43.7 Å². The smallest absolute Gasteiger partial charge is 0.234 e. The predicted molar refractivity (Wildman–Crippen MR) is 97.7 cm³/mol. The number of nitrogens with one attached hydrogen (secondary N) is 1. The van der Waals surface area contributed by atoms with Crippen molar-refractivity contribution in [2.75, 3.05) is 11.1 Å². The Morgan fingerprint density at radius 3 is 2.75 bits per heavy atom. The molecule has 1 fully saturated rings. The number of benzene rings is 1. The van der Waals surface area contributed by atoms with Crippen LogP contribution in [0.1, 0.15) is 55.6 Å². The molecule has 3 rings (SSSR count). The summed E-state index contributed by atoms with van der Waals surface area (Å²) in [5.41, 5.74) is 3.21. The van der Waals surface area contributed by atoms with Crippen molar-refractivity contribution in [3.8, 4) is 0 Å². The summed E-state index contributed by atoms with van der Waals surface area (Å²) in [5, 5.41) is 12.3. The van der Waals surface area contributed by atoms with Crippen LogP contribution in [0.3, 0.4) is 0 Å². The molecule has 1 aromatic carbocycles. The molecule has 0 aliphatic heterocycles. The van der Waals surface area contributed by atoms with Crippen LogP contribution in [0.25, 0.3) is 0 Å². The highest BCUT2D eigenvalue weighted by atomic mass is 32.2. The van der Waals surface area contributed by atoms with Crippen molar-refractivity contribution in [2.45, 2.75) is 57.7 Å². The summed E-state index contributed by atoms with van der Waals surface area (Å²) in [7, 11) is 0. The van der Waals surface area contributed by atoms with Crippen LogP contribution < -0.4 is 5.32 Å². The molecule has 1 aromatic heterocycles. The number of anilines is 1. The van der Waals surface area contributed by atoms with Gasteiger partial charge in [0.1, 0.15) is 5.82 Å². The number of rotatable bonds is 6. The van der Waals surface area contributed by atoms with Crippen LogP contribution in [0.5, 0.6) is 0 Å². The monoisotopic (exact) mass is 344 g/mol. The largest absolute Gasteiger partial charge is 0.325 e. The van der Waals surface area contributed by atoms with Crippen LogP contribution in [-0.2, 0) is 4.79 Å². The number of carbonyl (C=O) groups is 1. The fourth-order valence-corrected chi connectivity index (χ4v) is 3.70. The van der Waals surface area contributed by atoms with Crippen LogP contribution >= 0.6 is 11.8 Å². The quantitative estimate of drug-likeness (QED) is 0.802. The molecule has 1 aliphatic rings. The molecule has 1 amide bonds. The molecule has 0 bridgehead atoms. The Balaban J connectivity index is 1.67. The zero-order chi connectivity index (χ0) is 17.3. The molecule has 1 N–H and O–H groups in total. The first-order valence-corrected chi connectivity index (χ1v) is 9.39. The Bertz CT molecular complexity index is 749.